The first-order valence-electron chi connectivity index (χ1n) is 11.2. The highest BCUT2D eigenvalue weighted by Crippen LogP contribution is 2.33. The van der Waals surface area contributed by atoms with Crippen LogP contribution in [0.15, 0.2) is 17.3 Å². The van der Waals surface area contributed by atoms with Crippen LogP contribution >= 0.6 is 0 Å². The predicted molar refractivity (Wildman–Crippen MR) is 121 cm³/mol. The number of carbonyl (C=O) groups excluding carboxylic acids is 1. The second-order valence-corrected chi connectivity index (χ2v) is 8.54. The molecule has 8 heteroatoms. The summed E-state index contributed by atoms with van der Waals surface area (Å²) in [5, 5.41) is 8.40. The lowest BCUT2D eigenvalue weighted by atomic mass is 10.1. The van der Waals surface area contributed by atoms with Gasteiger partial charge in [0.25, 0.3) is 0 Å². The number of nitrogens with zero attached hydrogens (tertiary/aromatic N) is 5. The van der Waals surface area contributed by atoms with Crippen molar-refractivity contribution in [3.8, 4) is 5.88 Å². The van der Waals surface area contributed by atoms with Gasteiger partial charge in [-0.3, -0.25) is 19.4 Å². The van der Waals surface area contributed by atoms with E-state index >= 15 is 0 Å². The normalized spacial score (nSPS) is 16.5. The Morgan fingerprint density at radius 3 is 2.74 bits per heavy atom. The molecule has 0 atom stereocenters. The van der Waals surface area contributed by atoms with Gasteiger partial charge >= 0.3 is 0 Å². The number of ether oxygens (including phenoxy) is 1. The number of likely N-dealkylation sites (tertiary alicyclic amines) is 1. The minimum atomic E-state index is -0.0327. The van der Waals surface area contributed by atoms with Crippen molar-refractivity contribution in [1.82, 2.24) is 19.7 Å². The lowest BCUT2D eigenvalue weighted by Crippen LogP contribution is -2.51. The van der Waals surface area contributed by atoms with Gasteiger partial charge in [0.2, 0.25) is 5.88 Å². The third kappa shape index (κ3) is 4.08. The first-order valence-corrected chi connectivity index (χ1v) is 11.2. The quantitative estimate of drug-likeness (QED) is 0.653. The van der Waals surface area contributed by atoms with Crippen LogP contribution < -0.4 is 10.1 Å². The van der Waals surface area contributed by atoms with Gasteiger partial charge in [0, 0.05) is 30.9 Å². The molecule has 1 N–H and O–H groups in total. The van der Waals surface area contributed by atoms with E-state index in [2.05, 4.69) is 47.6 Å². The van der Waals surface area contributed by atoms with E-state index in [-0.39, 0.29) is 5.78 Å². The average Bonchev–Trinajstić information content (AvgIpc) is 3.07. The van der Waals surface area contributed by atoms with Crippen LogP contribution in [0, 0.1) is 0 Å². The maximum absolute atomic E-state index is 11.9. The smallest absolute Gasteiger partial charge is 0.224 e. The molecule has 0 spiro atoms. The Labute approximate surface area is 183 Å². The third-order valence-corrected chi connectivity index (χ3v) is 5.97. The molecule has 8 nitrogen and oxygen atoms in total. The Kier molecular flexibility index (Phi) is 6.09. The molecule has 1 saturated heterocycles. The van der Waals surface area contributed by atoms with Crippen LogP contribution in [0.25, 0.3) is 0 Å². The number of hydrogen-bond donors (Lipinski definition) is 1. The largest absolute Gasteiger partial charge is 0.477 e. The molecule has 1 fully saturated rings. The number of amidine groups is 1. The second-order valence-electron chi connectivity index (χ2n) is 8.54. The summed E-state index contributed by atoms with van der Waals surface area (Å²) in [7, 11) is 0. The van der Waals surface area contributed by atoms with Crippen LogP contribution in [0.2, 0.25) is 0 Å². The number of rotatable bonds is 8. The molecule has 0 bridgehead atoms. The van der Waals surface area contributed by atoms with Crippen molar-refractivity contribution < 1.29 is 9.53 Å². The van der Waals surface area contributed by atoms with E-state index in [1.54, 1.807) is 13.1 Å². The molecular weight excluding hydrogens is 392 g/mol. The van der Waals surface area contributed by atoms with Crippen molar-refractivity contribution in [2.45, 2.75) is 66.1 Å². The Morgan fingerprint density at radius 1 is 1.32 bits per heavy atom. The molecule has 4 heterocycles. The maximum atomic E-state index is 11.9. The van der Waals surface area contributed by atoms with E-state index in [0.29, 0.717) is 42.5 Å². The first-order chi connectivity index (χ1) is 14.9. The molecule has 31 heavy (non-hydrogen) atoms. The summed E-state index contributed by atoms with van der Waals surface area (Å²) in [6, 6.07) is 2.78. The molecule has 0 radical (unpaired) electrons. The molecule has 2 aromatic rings. The highest BCUT2D eigenvalue weighted by Gasteiger charge is 2.34. The molecule has 0 saturated carbocycles. The van der Waals surface area contributed by atoms with Crippen LogP contribution in [0.4, 0.5) is 5.69 Å². The Morgan fingerprint density at radius 2 is 2.10 bits per heavy atom. The minimum absolute atomic E-state index is 0.0327. The van der Waals surface area contributed by atoms with Crippen LogP contribution in [0.3, 0.4) is 0 Å². The van der Waals surface area contributed by atoms with Crippen LogP contribution in [0.5, 0.6) is 5.88 Å². The summed E-state index contributed by atoms with van der Waals surface area (Å²) < 4.78 is 8.04. The van der Waals surface area contributed by atoms with E-state index in [1.165, 1.54) is 5.69 Å². The van der Waals surface area contributed by atoms with E-state index in [0.717, 1.165) is 42.9 Å². The van der Waals surface area contributed by atoms with Gasteiger partial charge in [-0.2, -0.15) is 5.10 Å². The van der Waals surface area contributed by atoms with Gasteiger partial charge in [-0.1, -0.05) is 13.8 Å². The van der Waals surface area contributed by atoms with Gasteiger partial charge in [0.1, 0.15) is 11.5 Å². The van der Waals surface area contributed by atoms with Gasteiger partial charge in [0.05, 0.1) is 36.1 Å². The monoisotopic (exact) mass is 424 g/mol. The maximum Gasteiger partial charge on any atom is 0.224 e. The number of ketones is 1. The van der Waals surface area contributed by atoms with E-state index in [9.17, 15) is 4.79 Å². The van der Waals surface area contributed by atoms with Gasteiger partial charge < -0.3 is 10.1 Å². The van der Waals surface area contributed by atoms with E-state index in [4.69, 9.17) is 14.8 Å². The minimum Gasteiger partial charge on any atom is -0.477 e. The summed E-state index contributed by atoms with van der Waals surface area (Å²) in [5.41, 5.74) is 4.46. The average molecular weight is 425 g/mol. The highest BCUT2D eigenvalue weighted by atomic mass is 16.5. The lowest BCUT2D eigenvalue weighted by molar-refractivity contribution is 0.0658. The Hall–Kier alpha value is -2.74. The fourth-order valence-electron chi connectivity index (χ4n) is 4.07. The number of aromatic nitrogens is 3. The standard InChI is InChI=1S/C23H32N6O2/c1-6-8-31-23-18(9-16(10-25-23)15(5)30)22-24-11-19-21(26-22)20(7-2)29(27-19)17-12-28(13-17)14(3)4/h9-10,14,17H,6-8,11-13H2,1-5H3,(H,24,26). The summed E-state index contributed by atoms with van der Waals surface area (Å²) in [6.07, 6.45) is 3.32. The third-order valence-electron chi connectivity index (χ3n) is 5.97. The number of aliphatic imine (C=N–C) groups is 1. The molecule has 0 aliphatic carbocycles. The zero-order chi connectivity index (χ0) is 22.1. The summed E-state index contributed by atoms with van der Waals surface area (Å²) in [4.78, 5) is 23.5. The second kappa shape index (κ2) is 8.78. The van der Waals surface area contributed by atoms with Crippen LogP contribution in [-0.2, 0) is 13.0 Å². The van der Waals surface area contributed by atoms with Gasteiger partial charge in [0.15, 0.2) is 5.78 Å². The summed E-state index contributed by atoms with van der Waals surface area (Å²) in [6.45, 7) is 13.3. The zero-order valence-electron chi connectivity index (χ0n) is 19.1. The first kappa shape index (κ1) is 21.5. The number of pyridine rings is 1. The SMILES string of the molecule is CCCOc1ncc(C(C)=O)cc1C1=NCc2nn(C3CN(C(C)C)C3)c(CC)c2N1. The summed E-state index contributed by atoms with van der Waals surface area (Å²) in [5.74, 6) is 1.15. The highest BCUT2D eigenvalue weighted by molar-refractivity contribution is 6.12. The Balaban J connectivity index is 1.63. The zero-order valence-corrected chi connectivity index (χ0v) is 19.1. The van der Waals surface area contributed by atoms with Crippen molar-refractivity contribution in [3.63, 3.8) is 0 Å². The van der Waals surface area contributed by atoms with Gasteiger partial charge in [-0.25, -0.2) is 4.98 Å². The molecule has 0 amide bonds. The summed E-state index contributed by atoms with van der Waals surface area (Å²) >= 11 is 0. The fourth-order valence-corrected chi connectivity index (χ4v) is 4.07. The van der Waals surface area contributed by atoms with Crippen LogP contribution in [0.1, 0.15) is 74.4 Å². The number of carbonyl (C=O) groups is 1. The van der Waals surface area contributed by atoms with Crippen molar-refractivity contribution in [2.75, 3.05) is 25.0 Å². The Bertz CT molecular complexity index is 1000. The number of hydrogen-bond acceptors (Lipinski definition) is 7. The molecule has 0 aromatic carbocycles. The van der Waals surface area contributed by atoms with Crippen LogP contribution in [-0.4, -0.2) is 57.0 Å². The molecular formula is C23H32N6O2. The lowest BCUT2D eigenvalue weighted by Gasteiger charge is -2.42. The molecule has 2 aliphatic rings. The number of Topliss-reactive ketones (excluding diaryl/α,β-unsaturated/α-hetero) is 1. The van der Waals surface area contributed by atoms with E-state index in [1.807, 2.05) is 6.07 Å². The number of fused-ring (bicyclic) bond motifs is 1. The molecule has 2 aromatic heterocycles. The van der Waals surface area contributed by atoms with Crippen molar-refractivity contribution in [1.29, 1.82) is 0 Å². The molecule has 0 unspecified atom stereocenters. The van der Waals surface area contributed by atoms with Crippen molar-refractivity contribution in [3.05, 3.63) is 34.8 Å². The molecule has 2 aliphatic heterocycles. The topological polar surface area (TPSA) is 84.6 Å². The van der Waals surface area contributed by atoms with Gasteiger partial charge in [-0.05, 0) is 39.7 Å². The number of anilines is 1. The molecule has 4 rings (SSSR count). The fraction of sp³-hybridized carbons (Fsp3) is 0.565. The number of nitrogens with one attached hydrogen (secondary N) is 1. The van der Waals surface area contributed by atoms with Crippen molar-refractivity contribution in [2.24, 2.45) is 4.99 Å². The van der Waals surface area contributed by atoms with E-state index < -0.39 is 0 Å². The van der Waals surface area contributed by atoms with Gasteiger partial charge in [-0.15, -0.1) is 0 Å². The molecule has 166 valence electrons. The van der Waals surface area contributed by atoms with Crippen molar-refractivity contribution >= 4 is 17.3 Å². The predicted octanol–water partition coefficient (Wildman–Crippen LogP) is 3.47.